The van der Waals surface area contributed by atoms with E-state index in [1.807, 2.05) is 0 Å². The van der Waals surface area contributed by atoms with Gasteiger partial charge in [0.15, 0.2) is 17.3 Å². The van der Waals surface area contributed by atoms with Gasteiger partial charge in [-0.3, -0.25) is 9.36 Å². The van der Waals surface area contributed by atoms with Gasteiger partial charge in [-0.15, -0.1) is 0 Å². The van der Waals surface area contributed by atoms with Gasteiger partial charge in [-0.05, 0) is 63.5 Å². The second-order valence-electron chi connectivity index (χ2n) is 9.83. The van der Waals surface area contributed by atoms with E-state index < -0.39 is 17.3 Å². The van der Waals surface area contributed by atoms with Gasteiger partial charge in [-0.1, -0.05) is 0 Å². The van der Waals surface area contributed by atoms with Gasteiger partial charge in [-0.2, -0.15) is 10.2 Å². The Balaban J connectivity index is 1.52. The zero-order valence-corrected chi connectivity index (χ0v) is 20.1. The molecule has 2 fully saturated rings. The summed E-state index contributed by atoms with van der Waals surface area (Å²) in [5.41, 5.74) is 5.86. The standard InChI is InChI=1S/C25H28F2N8O2/c26-18-8-13(11-28)9-19(27)21(18)33-25-32-20-12-30-24(31-15-2-1-3-17(36)10-15)34-23(20)35(25)16-6-4-14(5-7-16)22(29)37/h8-9,12,14-17,36H,1-7,10H2,(H2,29,37)(H,32,33)(H,30,31,34)/t14-,15-,16-,17+/m1/s1. The van der Waals surface area contributed by atoms with Crippen molar-refractivity contribution >= 4 is 34.7 Å². The minimum Gasteiger partial charge on any atom is -0.393 e. The summed E-state index contributed by atoms with van der Waals surface area (Å²) < 4.78 is 31.2. The van der Waals surface area contributed by atoms with Crippen LogP contribution in [0.4, 0.5) is 26.4 Å². The van der Waals surface area contributed by atoms with E-state index in [1.54, 1.807) is 16.8 Å². The number of aliphatic hydroxyl groups is 1. The predicted octanol–water partition coefficient (Wildman–Crippen LogP) is 3.65. The number of carbonyl (C=O) groups excluding carboxylic acids is 1. The normalized spacial score (nSPS) is 23.9. The molecule has 2 aromatic heterocycles. The van der Waals surface area contributed by atoms with Crippen LogP contribution in [0.15, 0.2) is 18.3 Å². The number of nitrogens with zero attached hydrogens (tertiary/aromatic N) is 5. The van der Waals surface area contributed by atoms with E-state index in [2.05, 4.69) is 20.6 Å². The Morgan fingerprint density at radius 3 is 2.51 bits per heavy atom. The van der Waals surface area contributed by atoms with Crippen LogP contribution in [0.1, 0.15) is 63.0 Å². The Labute approximate surface area is 211 Å². The lowest BCUT2D eigenvalue weighted by atomic mass is 9.85. The molecule has 1 amide bonds. The summed E-state index contributed by atoms with van der Waals surface area (Å²) in [6.07, 6.45) is 6.71. The number of rotatable bonds is 6. The van der Waals surface area contributed by atoms with Crippen molar-refractivity contribution < 1.29 is 18.7 Å². The molecule has 0 bridgehead atoms. The Bertz CT molecular complexity index is 1340. The Morgan fingerprint density at radius 2 is 1.86 bits per heavy atom. The first kappa shape index (κ1) is 24.8. The number of nitrogens with two attached hydrogens (primary N) is 1. The van der Waals surface area contributed by atoms with Crippen molar-refractivity contribution in [3.8, 4) is 6.07 Å². The molecule has 0 radical (unpaired) electrons. The number of hydrogen-bond donors (Lipinski definition) is 4. The second kappa shape index (κ2) is 10.3. The van der Waals surface area contributed by atoms with Crippen molar-refractivity contribution in [3.05, 3.63) is 35.5 Å². The molecule has 1 aromatic carbocycles. The number of fused-ring (bicyclic) bond motifs is 1. The number of nitrogens with one attached hydrogen (secondary N) is 2. The largest absolute Gasteiger partial charge is 0.393 e. The summed E-state index contributed by atoms with van der Waals surface area (Å²) in [6, 6.07) is 3.53. The lowest BCUT2D eigenvalue weighted by molar-refractivity contribution is -0.122. The molecular weight excluding hydrogens is 482 g/mol. The highest BCUT2D eigenvalue weighted by Gasteiger charge is 2.30. The third-order valence-electron chi connectivity index (χ3n) is 7.28. The number of imidazole rings is 1. The van der Waals surface area contributed by atoms with Crippen LogP contribution in [0, 0.1) is 28.9 Å². The molecule has 3 aromatic rings. The van der Waals surface area contributed by atoms with E-state index in [9.17, 15) is 18.7 Å². The zero-order chi connectivity index (χ0) is 26.1. The van der Waals surface area contributed by atoms with E-state index in [1.165, 1.54) is 0 Å². The molecule has 0 saturated heterocycles. The number of aliphatic hydroxyl groups excluding tert-OH is 1. The van der Waals surface area contributed by atoms with Crippen molar-refractivity contribution in [3.63, 3.8) is 0 Å². The number of halogens is 2. The molecule has 2 atom stereocenters. The van der Waals surface area contributed by atoms with Gasteiger partial charge in [0, 0.05) is 18.0 Å². The first-order chi connectivity index (χ1) is 17.8. The van der Waals surface area contributed by atoms with Crippen molar-refractivity contribution in [1.82, 2.24) is 19.5 Å². The quantitative estimate of drug-likeness (QED) is 0.392. The van der Waals surface area contributed by atoms with E-state index in [4.69, 9.17) is 16.0 Å². The first-order valence-corrected chi connectivity index (χ1v) is 12.5. The number of benzene rings is 1. The van der Waals surface area contributed by atoms with Crippen LogP contribution in [-0.4, -0.2) is 42.7 Å². The van der Waals surface area contributed by atoms with Crippen LogP contribution in [-0.2, 0) is 4.79 Å². The van der Waals surface area contributed by atoms with Gasteiger partial charge in [-0.25, -0.2) is 18.7 Å². The number of carbonyl (C=O) groups is 1. The highest BCUT2D eigenvalue weighted by Crippen LogP contribution is 2.37. The van der Waals surface area contributed by atoms with Gasteiger partial charge in [0.05, 0.1) is 23.9 Å². The van der Waals surface area contributed by atoms with Crippen LogP contribution < -0.4 is 16.4 Å². The van der Waals surface area contributed by atoms with Crippen LogP contribution in [0.3, 0.4) is 0 Å². The molecule has 12 heteroatoms. The average Bonchev–Trinajstić information content (AvgIpc) is 3.23. The summed E-state index contributed by atoms with van der Waals surface area (Å²) in [6.45, 7) is 0. The molecule has 0 unspecified atom stereocenters. The highest BCUT2D eigenvalue weighted by molar-refractivity contribution is 5.78. The van der Waals surface area contributed by atoms with Crippen LogP contribution in [0.25, 0.3) is 11.2 Å². The van der Waals surface area contributed by atoms with Crippen molar-refractivity contribution in [2.24, 2.45) is 11.7 Å². The molecule has 5 N–H and O–H groups in total. The molecular formula is C25H28F2N8O2. The molecule has 2 heterocycles. The lowest BCUT2D eigenvalue weighted by Gasteiger charge is -2.29. The smallest absolute Gasteiger partial charge is 0.224 e. The van der Waals surface area contributed by atoms with Crippen molar-refractivity contribution in [2.45, 2.75) is 69.6 Å². The second-order valence-corrected chi connectivity index (χ2v) is 9.83. The van der Waals surface area contributed by atoms with Gasteiger partial charge < -0.3 is 21.5 Å². The van der Waals surface area contributed by atoms with Crippen molar-refractivity contribution in [2.75, 3.05) is 10.6 Å². The Morgan fingerprint density at radius 1 is 1.14 bits per heavy atom. The number of anilines is 3. The SMILES string of the molecule is N#Cc1cc(F)c(Nc2nc3cnc(N[C@@H]4CCC[C@H](O)C4)nc3n2[C@H]2CC[C@H](C(N)=O)CC2)c(F)c1. The summed E-state index contributed by atoms with van der Waals surface area (Å²) >= 11 is 0. The number of nitriles is 1. The summed E-state index contributed by atoms with van der Waals surface area (Å²) in [4.78, 5) is 25.3. The highest BCUT2D eigenvalue weighted by atomic mass is 19.1. The first-order valence-electron chi connectivity index (χ1n) is 12.5. The Kier molecular flexibility index (Phi) is 6.88. The fraction of sp³-hybridized carbons (Fsp3) is 0.480. The molecule has 2 saturated carbocycles. The van der Waals surface area contributed by atoms with Gasteiger partial charge >= 0.3 is 0 Å². The van der Waals surface area contributed by atoms with Gasteiger partial charge in [0.1, 0.15) is 11.2 Å². The zero-order valence-electron chi connectivity index (χ0n) is 20.1. The van der Waals surface area contributed by atoms with Crippen molar-refractivity contribution in [1.29, 1.82) is 5.26 Å². The Hall–Kier alpha value is -3.85. The van der Waals surface area contributed by atoms with E-state index in [0.29, 0.717) is 49.2 Å². The molecule has 5 rings (SSSR count). The fourth-order valence-electron chi connectivity index (χ4n) is 5.36. The number of amides is 1. The molecule has 0 aliphatic heterocycles. The fourth-order valence-corrected chi connectivity index (χ4v) is 5.36. The van der Waals surface area contributed by atoms with E-state index in [0.717, 1.165) is 31.4 Å². The maximum atomic E-state index is 14.7. The number of primary amides is 1. The van der Waals surface area contributed by atoms with Gasteiger partial charge in [0.25, 0.3) is 0 Å². The minimum absolute atomic E-state index is 0.0306. The minimum atomic E-state index is -0.920. The molecule has 10 nitrogen and oxygen atoms in total. The van der Waals surface area contributed by atoms with Crippen LogP contribution in [0.5, 0.6) is 0 Å². The maximum absolute atomic E-state index is 14.7. The molecule has 37 heavy (non-hydrogen) atoms. The van der Waals surface area contributed by atoms with Crippen LogP contribution >= 0.6 is 0 Å². The third-order valence-corrected chi connectivity index (χ3v) is 7.28. The lowest BCUT2D eigenvalue weighted by Crippen LogP contribution is -2.30. The molecule has 2 aliphatic rings. The van der Waals surface area contributed by atoms with Crippen LogP contribution in [0.2, 0.25) is 0 Å². The average molecular weight is 511 g/mol. The van der Waals surface area contributed by atoms with E-state index >= 15 is 0 Å². The maximum Gasteiger partial charge on any atom is 0.224 e. The number of aromatic nitrogens is 4. The third kappa shape index (κ3) is 5.17. The summed E-state index contributed by atoms with van der Waals surface area (Å²) in [5.74, 6) is -1.84. The summed E-state index contributed by atoms with van der Waals surface area (Å²) in [7, 11) is 0. The summed E-state index contributed by atoms with van der Waals surface area (Å²) in [5, 5.41) is 25.1. The molecule has 2 aliphatic carbocycles. The molecule has 194 valence electrons. The predicted molar refractivity (Wildman–Crippen MR) is 132 cm³/mol. The molecule has 0 spiro atoms. The monoisotopic (exact) mass is 510 g/mol. The number of hydrogen-bond acceptors (Lipinski definition) is 8. The topological polar surface area (TPSA) is 155 Å². The van der Waals surface area contributed by atoms with E-state index in [-0.39, 0.29) is 41.5 Å². The van der Waals surface area contributed by atoms with Gasteiger partial charge in [0.2, 0.25) is 17.8 Å².